The highest BCUT2D eigenvalue weighted by Crippen LogP contribution is 2.24. The number of nitrogens with zero attached hydrogens (tertiary/aromatic N) is 2. The molecule has 7 heteroatoms. The first kappa shape index (κ1) is 17.1. The summed E-state index contributed by atoms with van der Waals surface area (Å²) in [4.78, 5) is 15.5. The molecule has 6 nitrogen and oxygen atoms in total. The van der Waals surface area contributed by atoms with Gasteiger partial charge in [-0.25, -0.2) is 0 Å². The van der Waals surface area contributed by atoms with Crippen molar-refractivity contribution in [3.63, 3.8) is 0 Å². The van der Waals surface area contributed by atoms with E-state index >= 15 is 0 Å². The maximum Gasteiger partial charge on any atom is 0.273 e. The van der Waals surface area contributed by atoms with Gasteiger partial charge in [0.15, 0.2) is 11.5 Å². The molecule has 0 unspecified atom stereocenters. The molecule has 2 aromatic heterocycles. The van der Waals surface area contributed by atoms with Crippen LogP contribution < -0.4 is 10.6 Å². The molecular formula is C17H24N4O2S. The average Bonchev–Trinajstić information content (AvgIpc) is 3.29. The SMILES string of the molecule is O=C(NCCCCCN1CCNCC1)c1cc(-c2cccs2)on1. The number of amides is 1. The van der Waals surface area contributed by atoms with Crippen molar-refractivity contribution in [3.8, 4) is 10.6 Å². The predicted molar refractivity (Wildman–Crippen MR) is 95.3 cm³/mol. The van der Waals surface area contributed by atoms with Crippen molar-refractivity contribution < 1.29 is 9.32 Å². The van der Waals surface area contributed by atoms with Gasteiger partial charge in [0.05, 0.1) is 4.88 Å². The Morgan fingerprint density at radius 2 is 2.21 bits per heavy atom. The van der Waals surface area contributed by atoms with Gasteiger partial charge in [-0.05, 0) is 30.8 Å². The Bertz CT molecular complexity index is 620. The van der Waals surface area contributed by atoms with Gasteiger partial charge in [-0.1, -0.05) is 17.6 Å². The maximum absolute atomic E-state index is 12.1. The summed E-state index contributed by atoms with van der Waals surface area (Å²) in [5.74, 6) is 0.481. The smallest absolute Gasteiger partial charge is 0.273 e. The fourth-order valence-corrected chi connectivity index (χ4v) is 3.45. The molecule has 0 aromatic carbocycles. The zero-order valence-electron chi connectivity index (χ0n) is 13.8. The standard InChI is InChI=1S/C17H24N4O2S/c22-17(14-13-15(23-20-14)16-5-4-12-24-16)19-6-2-1-3-9-21-10-7-18-8-11-21/h4-5,12-13,18H,1-3,6-11H2,(H,19,22). The van der Waals surface area contributed by atoms with E-state index in [1.165, 1.54) is 6.42 Å². The van der Waals surface area contributed by atoms with Crippen molar-refractivity contribution in [2.75, 3.05) is 39.3 Å². The minimum Gasteiger partial charge on any atom is -0.355 e. The first-order valence-electron chi connectivity index (χ1n) is 8.55. The number of piperazine rings is 1. The zero-order chi connectivity index (χ0) is 16.6. The fraction of sp³-hybridized carbons (Fsp3) is 0.529. The molecule has 1 aliphatic rings. The van der Waals surface area contributed by atoms with Crippen molar-refractivity contribution in [2.45, 2.75) is 19.3 Å². The summed E-state index contributed by atoms with van der Waals surface area (Å²) in [5.41, 5.74) is 0.346. The van der Waals surface area contributed by atoms with E-state index < -0.39 is 0 Å². The fourth-order valence-electron chi connectivity index (χ4n) is 2.78. The van der Waals surface area contributed by atoms with Gasteiger partial charge in [0, 0.05) is 38.8 Å². The summed E-state index contributed by atoms with van der Waals surface area (Å²) in [5, 5.41) is 12.1. The topological polar surface area (TPSA) is 70.4 Å². The molecule has 1 aliphatic heterocycles. The molecule has 1 fully saturated rings. The van der Waals surface area contributed by atoms with Crippen LogP contribution in [0.3, 0.4) is 0 Å². The Labute approximate surface area is 146 Å². The minimum absolute atomic E-state index is 0.163. The quantitative estimate of drug-likeness (QED) is 0.716. The van der Waals surface area contributed by atoms with Gasteiger partial charge >= 0.3 is 0 Å². The molecule has 2 N–H and O–H groups in total. The third-order valence-corrected chi connectivity index (χ3v) is 5.04. The van der Waals surface area contributed by atoms with E-state index in [4.69, 9.17) is 4.52 Å². The van der Waals surface area contributed by atoms with Crippen molar-refractivity contribution in [2.24, 2.45) is 0 Å². The van der Waals surface area contributed by atoms with Crippen LogP contribution in [0.25, 0.3) is 10.6 Å². The summed E-state index contributed by atoms with van der Waals surface area (Å²) in [6.07, 6.45) is 3.30. The van der Waals surface area contributed by atoms with E-state index in [0.29, 0.717) is 18.0 Å². The first-order chi connectivity index (χ1) is 11.8. The van der Waals surface area contributed by atoms with Gasteiger partial charge in [0.2, 0.25) is 0 Å². The molecule has 0 saturated carbocycles. The predicted octanol–water partition coefficient (Wildman–Crippen LogP) is 2.21. The van der Waals surface area contributed by atoms with E-state index in [9.17, 15) is 4.79 Å². The number of carbonyl (C=O) groups excluding carboxylic acids is 1. The van der Waals surface area contributed by atoms with E-state index in [1.54, 1.807) is 17.4 Å². The Morgan fingerprint density at radius 3 is 3.00 bits per heavy atom. The van der Waals surface area contributed by atoms with Gasteiger partial charge in [-0.3, -0.25) is 4.79 Å². The zero-order valence-corrected chi connectivity index (χ0v) is 14.6. The van der Waals surface area contributed by atoms with Crippen LogP contribution in [0.1, 0.15) is 29.8 Å². The number of thiophene rings is 1. The highest BCUT2D eigenvalue weighted by Gasteiger charge is 2.13. The number of rotatable bonds is 8. The second-order valence-corrected chi connectivity index (χ2v) is 6.91. The lowest BCUT2D eigenvalue weighted by Crippen LogP contribution is -2.43. The van der Waals surface area contributed by atoms with Crippen LogP contribution in [0.5, 0.6) is 0 Å². The summed E-state index contributed by atoms with van der Waals surface area (Å²) in [6.45, 7) is 6.33. The molecule has 0 atom stereocenters. The van der Waals surface area contributed by atoms with Gasteiger partial charge in [0.25, 0.3) is 5.91 Å². The highest BCUT2D eigenvalue weighted by atomic mass is 32.1. The number of aromatic nitrogens is 1. The van der Waals surface area contributed by atoms with E-state index in [-0.39, 0.29) is 5.91 Å². The van der Waals surface area contributed by atoms with Crippen molar-refractivity contribution in [1.29, 1.82) is 0 Å². The molecule has 2 aromatic rings. The summed E-state index contributed by atoms with van der Waals surface area (Å²) >= 11 is 1.57. The molecule has 3 heterocycles. The molecule has 3 rings (SSSR count). The number of hydrogen-bond acceptors (Lipinski definition) is 6. The average molecular weight is 348 g/mol. The maximum atomic E-state index is 12.1. The lowest BCUT2D eigenvalue weighted by Gasteiger charge is -2.26. The Balaban J connectivity index is 1.31. The molecular weight excluding hydrogens is 324 g/mol. The van der Waals surface area contributed by atoms with Gasteiger partial charge in [-0.2, -0.15) is 0 Å². The summed E-state index contributed by atoms with van der Waals surface area (Å²) in [7, 11) is 0. The van der Waals surface area contributed by atoms with Crippen LogP contribution in [0.15, 0.2) is 28.1 Å². The number of carbonyl (C=O) groups is 1. The van der Waals surface area contributed by atoms with Crippen LogP contribution >= 0.6 is 11.3 Å². The van der Waals surface area contributed by atoms with Crippen LogP contribution in [-0.2, 0) is 0 Å². The molecule has 24 heavy (non-hydrogen) atoms. The largest absolute Gasteiger partial charge is 0.355 e. The second kappa shape index (κ2) is 8.96. The molecule has 0 bridgehead atoms. The van der Waals surface area contributed by atoms with E-state index in [2.05, 4.69) is 20.7 Å². The van der Waals surface area contributed by atoms with Crippen LogP contribution in [0.2, 0.25) is 0 Å². The lowest BCUT2D eigenvalue weighted by molar-refractivity contribution is 0.0944. The third kappa shape index (κ3) is 4.90. The second-order valence-electron chi connectivity index (χ2n) is 5.96. The third-order valence-electron chi connectivity index (χ3n) is 4.15. The number of nitrogens with one attached hydrogen (secondary N) is 2. The Kier molecular flexibility index (Phi) is 6.40. The first-order valence-corrected chi connectivity index (χ1v) is 9.43. The van der Waals surface area contributed by atoms with E-state index in [1.807, 2.05) is 17.5 Å². The molecule has 0 radical (unpaired) electrons. The molecule has 0 spiro atoms. The van der Waals surface area contributed by atoms with Gasteiger partial charge in [0.1, 0.15) is 0 Å². The summed E-state index contributed by atoms with van der Waals surface area (Å²) < 4.78 is 5.23. The Morgan fingerprint density at radius 1 is 1.33 bits per heavy atom. The molecule has 130 valence electrons. The van der Waals surface area contributed by atoms with Crippen molar-refractivity contribution in [1.82, 2.24) is 20.7 Å². The lowest BCUT2D eigenvalue weighted by atomic mass is 10.2. The molecule has 1 amide bonds. The molecule has 0 aliphatic carbocycles. The summed E-state index contributed by atoms with van der Waals surface area (Å²) in [6, 6.07) is 5.60. The highest BCUT2D eigenvalue weighted by molar-refractivity contribution is 7.13. The van der Waals surface area contributed by atoms with Gasteiger partial charge in [-0.15, -0.1) is 11.3 Å². The van der Waals surface area contributed by atoms with E-state index in [0.717, 1.165) is 50.4 Å². The normalized spacial score (nSPS) is 15.5. The number of hydrogen-bond donors (Lipinski definition) is 2. The van der Waals surface area contributed by atoms with Gasteiger partial charge < -0.3 is 20.1 Å². The number of unbranched alkanes of at least 4 members (excludes halogenated alkanes) is 2. The van der Waals surface area contributed by atoms with Crippen LogP contribution in [0, 0.1) is 0 Å². The molecule has 1 saturated heterocycles. The van der Waals surface area contributed by atoms with Crippen molar-refractivity contribution >= 4 is 17.2 Å². The Hall–Kier alpha value is -1.70. The minimum atomic E-state index is -0.163. The monoisotopic (exact) mass is 348 g/mol. The van der Waals surface area contributed by atoms with Crippen LogP contribution in [0.4, 0.5) is 0 Å². The van der Waals surface area contributed by atoms with Crippen LogP contribution in [-0.4, -0.2) is 55.2 Å². The van der Waals surface area contributed by atoms with Crippen molar-refractivity contribution in [3.05, 3.63) is 29.3 Å².